The minimum atomic E-state index is 0.0560. The van der Waals surface area contributed by atoms with Crippen molar-refractivity contribution < 1.29 is 5.11 Å². The lowest BCUT2D eigenvalue weighted by atomic mass is 10.1. The molecule has 1 aromatic carbocycles. The Labute approximate surface area is 78.6 Å². The number of rotatable bonds is 3. The Balaban J connectivity index is 2.81. The smallest absolute Gasteiger partial charge is 0.0630 e. The average molecular weight is 180 g/mol. The van der Waals surface area contributed by atoms with Gasteiger partial charge in [-0.1, -0.05) is 6.07 Å². The maximum Gasteiger partial charge on any atom is 0.0630 e. The van der Waals surface area contributed by atoms with Gasteiger partial charge in [-0.3, -0.25) is 0 Å². The van der Waals surface area contributed by atoms with E-state index >= 15 is 0 Å². The zero-order chi connectivity index (χ0) is 9.84. The molecule has 72 valence electrons. The molecule has 3 heteroatoms. The van der Waals surface area contributed by atoms with Crippen molar-refractivity contribution in [3.63, 3.8) is 0 Å². The largest absolute Gasteiger partial charge is 0.399 e. The molecule has 0 heterocycles. The lowest BCUT2D eigenvalue weighted by molar-refractivity contribution is 0.281. The van der Waals surface area contributed by atoms with Gasteiger partial charge in [-0.25, -0.2) is 0 Å². The number of anilines is 2. The second-order valence-electron chi connectivity index (χ2n) is 3.30. The molecule has 0 aliphatic carbocycles. The first-order chi connectivity index (χ1) is 6.13. The fourth-order valence-corrected chi connectivity index (χ4v) is 1.11. The Kier molecular flexibility index (Phi) is 3.14. The van der Waals surface area contributed by atoms with Crippen LogP contribution in [0.15, 0.2) is 18.2 Å². The van der Waals surface area contributed by atoms with Gasteiger partial charge in [0.15, 0.2) is 0 Å². The fourth-order valence-electron chi connectivity index (χ4n) is 1.11. The van der Waals surface area contributed by atoms with Crippen LogP contribution in [-0.4, -0.2) is 17.8 Å². The van der Waals surface area contributed by atoms with Crippen molar-refractivity contribution in [1.82, 2.24) is 0 Å². The van der Waals surface area contributed by atoms with Crippen molar-refractivity contribution in [3.8, 4) is 0 Å². The molecule has 0 saturated carbocycles. The number of aliphatic hydroxyl groups excluding tert-OH is 1. The number of benzene rings is 1. The van der Waals surface area contributed by atoms with E-state index in [1.54, 1.807) is 0 Å². The predicted octanol–water partition coefficient (Wildman–Crippen LogP) is 1.37. The van der Waals surface area contributed by atoms with E-state index in [9.17, 15) is 0 Å². The van der Waals surface area contributed by atoms with Crippen LogP contribution in [0.4, 0.5) is 11.4 Å². The SMILES string of the molecule is Cc1ccc(N)cc1NC(C)CO. The summed E-state index contributed by atoms with van der Waals surface area (Å²) in [6, 6.07) is 5.76. The molecule has 1 unspecified atom stereocenters. The van der Waals surface area contributed by atoms with Crippen LogP contribution in [-0.2, 0) is 0 Å². The van der Waals surface area contributed by atoms with Crippen LogP contribution in [0.2, 0.25) is 0 Å². The molecule has 1 atom stereocenters. The molecule has 1 aromatic rings. The van der Waals surface area contributed by atoms with E-state index in [4.69, 9.17) is 10.8 Å². The van der Waals surface area contributed by atoms with Gasteiger partial charge < -0.3 is 16.2 Å². The van der Waals surface area contributed by atoms with Gasteiger partial charge in [0.05, 0.1) is 6.61 Å². The minimum Gasteiger partial charge on any atom is -0.399 e. The Bertz CT molecular complexity index is 286. The van der Waals surface area contributed by atoms with Crippen LogP contribution in [0, 0.1) is 6.92 Å². The molecule has 0 aromatic heterocycles. The lowest BCUT2D eigenvalue weighted by Gasteiger charge is -2.14. The number of aryl methyl sites for hydroxylation is 1. The molecule has 0 fully saturated rings. The maximum atomic E-state index is 8.86. The summed E-state index contributed by atoms with van der Waals surface area (Å²) in [6.07, 6.45) is 0. The third-order valence-electron chi connectivity index (χ3n) is 1.94. The zero-order valence-electron chi connectivity index (χ0n) is 8.04. The summed E-state index contributed by atoms with van der Waals surface area (Å²) < 4.78 is 0. The molecule has 0 aliphatic heterocycles. The molecule has 0 bridgehead atoms. The Morgan fingerprint density at radius 3 is 2.85 bits per heavy atom. The summed E-state index contributed by atoms with van der Waals surface area (Å²) in [4.78, 5) is 0. The second kappa shape index (κ2) is 4.14. The topological polar surface area (TPSA) is 58.3 Å². The van der Waals surface area contributed by atoms with Crippen LogP contribution in [0.3, 0.4) is 0 Å². The number of nitrogen functional groups attached to an aromatic ring is 1. The quantitative estimate of drug-likeness (QED) is 0.616. The van der Waals surface area contributed by atoms with Gasteiger partial charge in [-0.2, -0.15) is 0 Å². The molecule has 0 amide bonds. The highest BCUT2D eigenvalue weighted by molar-refractivity contribution is 5.59. The van der Waals surface area contributed by atoms with E-state index in [1.807, 2.05) is 32.0 Å². The van der Waals surface area contributed by atoms with Gasteiger partial charge >= 0.3 is 0 Å². The van der Waals surface area contributed by atoms with E-state index < -0.39 is 0 Å². The highest BCUT2D eigenvalue weighted by Gasteiger charge is 2.02. The molecule has 1 rings (SSSR count). The maximum absolute atomic E-state index is 8.86. The van der Waals surface area contributed by atoms with Gasteiger partial charge in [0, 0.05) is 17.4 Å². The van der Waals surface area contributed by atoms with Gasteiger partial charge in [-0.15, -0.1) is 0 Å². The molecule has 0 aliphatic rings. The van der Waals surface area contributed by atoms with E-state index in [0.29, 0.717) is 0 Å². The van der Waals surface area contributed by atoms with Crippen LogP contribution < -0.4 is 11.1 Å². The van der Waals surface area contributed by atoms with Crippen molar-refractivity contribution in [1.29, 1.82) is 0 Å². The van der Waals surface area contributed by atoms with Gasteiger partial charge in [0.2, 0.25) is 0 Å². The van der Waals surface area contributed by atoms with Gasteiger partial charge in [0.1, 0.15) is 0 Å². The number of aliphatic hydroxyl groups is 1. The first-order valence-electron chi connectivity index (χ1n) is 4.37. The predicted molar refractivity (Wildman–Crippen MR) is 55.8 cm³/mol. The van der Waals surface area contributed by atoms with E-state index in [1.165, 1.54) is 0 Å². The number of nitrogens with two attached hydrogens (primary N) is 1. The molecule has 13 heavy (non-hydrogen) atoms. The summed E-state index contributed by atoms with van der Waals surface area (Å²) in [5, 5.41) is 12.0. The average Bonchev–Trinajstić information content (AvgIpc) is 2.11. The summed E-state index contributed by atoms with van der Waals surface area (Å²) in [7, 11) is 0. The summed E-state index contributed by atoms with van der Waals surface area (Å²) in [5.41, 5.74) is 8.50. The lowest BCUT2D eigenvalue weighted by Crippen LogP contribution is -2.19. The van der Waals surface area contributed by atoms with E-state index in [-0.39, 0.29) is 12.6 Å². The Morgan fingerprint density at radius 2 is 2.23 bits per heavy atom. The third kappa shape index (κ3) is 2.63. The second-order valence-corrected chi connectivity index (χ2v) is 3.30. The molecule has 4 N–H and O–H groups in total. The van der Waals surface area contributed by atoms with Crippen molar-refractivity contribution >= 4 is 11.4 Å². The number of hydrogen-bond donors (Lipinski definition) is 3. The molecule has 0 spiro atoms. The third-order valence-corrected chi connectivity index (χ3v) is 1.94. The highest BCUT2D eigenvalue weighted by Crippen LogP contribution is 2.18. The Morgan fingerprint density at radius 1 is 1.54 bits per heavy atom. The first kappa shape index (κ1) is 9.86. The summed E-state index contributed by atoms with van der Waals surface area (Å²) in [6.45, 7) is 4.04. The standard InChI is InChI=1S/C10H16N2O/c1-7-3-4-9(11)5-10(7)12-8(2)6-13/h3-5,8,12-13H,6,11H2,1-2H3. The number of hydrogen-bond acceptors (Lipinski definition) is 3. The normalized spacial score (nSPS) is 12.5. The molecular weight excluding hydrogens is 164 g/mol. The van der Waals surface area contributed by atoms with E-state index in [0.717, 1.165) is 16.9 Å². The Hall–Kier alpha value is -1.22. The summed E-state index contributed by atoms with van der Waals surface area (Å²) >= 11 is 0. The monoisotopic (exact) mass is 180 g/mol. The van der Waals surface area contributed by atoms with E-state index in [2.05, 4.69) is 5.32 Å². The van der Waals surface area contributed by atoms with Crippen molar-refractivity contribution in [2.45, 2.75) is 19.9 Å². The minimum absolute atomic E-state index is 0.0560. The molecule has 0 saturated heterocycles. The van der Waals surface area contributed by atoms with Crippen molar-refractivity contribution in [2.75, 3.05) is 17.7 Å². The molecule has 0 radical (unpaired) electrons. The van der Waals surface area contributed by atoms with Crippen molar-refractivity contribution in [3.05, 3.63) is 23.8 Å². The van der Waals surface area contributed by atoms with Gasteiger partial charge in [-0.05, 0) is 31.5 Å². The highest BCUT2D eigenvalue weighted by atomic mass is 16.3. The number of nitrogens with one attached hydrogen (secondary N) is 1. The van der Waals surface area contributed by atoms with Crippen LogP contribution in [0.5, 0.6) is 0 Å². The fraction of sp³-hybridized carbons (Fsp3) is 0.400. The molecular formula is C10H16N2O. The zero-order valence-corrected chi connectivity index (χ0v) is 8.04. The van der Waals surface area contributed by atoms with Crippen LogP contribution in [0.1, 0.15) is 12.5 Å². The first-order valence-corrected chi connectivity index (χ1v) is 4.37. The molecule has 3 nitrogen and oxygen atoms in total. The van der Waals surface area contributed by atoms with Crippen LogP contribution in [0.25, 0.3) is 0 Å². The van der Waals surface area contributed by atoms with Crippen molar-refractivity contribution in [2.24, 2.45) is 0 Å². The van der Waals surface area contributed by atoms with Gasteiger partial charge in [0.25, 0.3) is 0 Å². The summed E-state index contributed by atoms with van der Waals surface area (Å²) in [5.74, 6) is 0. The van der Waals surface area contributed by atoms with Crippen LogP contribution >= 0.6 is 0 Å².